The molecule has 2 aromatic rings. The number of sulfone groups is 1. The lowest BCUT2D eigenvalue weighted by molar-refractivity contribution is 0.352. The van der Waals surface area contributed by atoms with Gasteiger partial charge in [-0.3, -0.25) is 0 Å². The molecule has 0 aliphatic carbocycles. The van der Waals surface area contributed by atoms with E-state index < -0.39 is 9.84 Å². The first-order valence-corrected chi connectivity index (χ1v) is 11.3. The number of hydrogen-bond acceptors (Lipinski definition) is 5. The van der Waals surface area contributed by atoms with Crippen molar-refractivity contribution in [2.45, 2.75) is 38.0 Å². The van der Waals surface area contributed by atoms with Gasteiger partial charge in [0, 0.05) is 25.2 Å². The number of aryl methyl sites for hydroxylation is 1. The number of benzene rings is 2. The summed E-state index contributed by atoms with van der Waals surface area (Å²) in [6, 6.07) is 10.9. The first-order valence-electron chi connectivity index (χ1n) is 9.84. The second-order valence-electron chi connectivity index (χ2n) is 7.35. The largest absolute Gasteiger partial charge is 0.493 e. The molecule has 0 amide bonds. The minimum atomic E-state index is -3.64. The van der Waals surface area contributed by atoms with E-state index in [4.69, 9.17) is 9.47 Å². The Bertz CT molecular complexity index is 1010. The molecule has 6 heteroatoms. The van der Waals surface area contributed by atoms with E-state index in [1.165, 1.54) is 0 Å². The lowest BCUT2D eigenvalue weighted by Gasteiger charge is -2.29. The third-order valence-corrected chi connectivity index (χ3v) is 7.54. The van der Waals surface area contributed by atoms with Crippen LogP contribution in [-0.2, 0) is 16.3 Å². The molecule has 3 rings (SSSR count). The van der Waals surface area contributed by atoms with Crippen LogP contribution >= 0.6 is 0 Å². The van der Waals surface area contributed by atoms with E-state index >= 15 is 0 Å². The Hall–Kier alpha value is -2.47. The molecule has 0 radical (unpaired) electrons. The molecule has 156 valence electrons. The van der Waals surface area contributed by atoms with Gasteiger partial charge in [-0.15, -0.1) is 0 Å². The maximum Gasteiger partial charge on any atom is 0.204 e. The van der Waals surface area contributed by atoms with Crippen molar-refractivity contribution in [3.63, 3.8) is 0 Å². The topological polar surface area (TPSA) is 55.8 Å². The van der Waals surface area contributed by atoms with E-state index in [1.54, 1.807) is 26.4 Å². The second kappa shape index (κ2) is 8.49. The third-order valence-electron chi connectivity index (χ3n) is 5.56. The summed E-state index contributed by atoms with van der Waals surface area (Å²) >= 11 is 0. The molecule has 0 aromatic heterocycles. The Labute approximate surface area is 173 Å². The molecular weight excluding hydrogens is 386 g/mol. The highest BCUT2D eigenvalue weighted by Gasteiger charge is 2.31. The number of hydrogen-bond donors (Lipinski definition) is 0. The number of allylic oxidation sites excluding steroid dienone is 1. The van der Waals surface area contributed by atoms with Crippen LogP contribution < -0.4 is 9.47 Å². The quantitative estimate of drug-likeness (QED) is 0.728. The lowest BCUT2D eigenvalue weighted by atomic mass is 9.91. The van der Waals surface area contributed by atoms with Gasteiger partial charge < -0.3 is 14.4 Å². The smallest absolute Gasteiger partial charge is 0.204 e. The van der Waals surface area contributed by atoms with Crippen molar-refractivity contribution in [3.8, 4) is 11.5 Å². The number of nitrogens with zero attached hydrogens (tertiary/aromatic N) is 1. The molecule has 0 spiro atoms. The van der Waals surface area contributed by atoms with Crippen LogP contribution in [0.15, 0.2) is 52.4 Å². The van der Waals surface area contributed by atoms with Crippen LogP contribution in [0.1, 0.15) is 36.5 Å². The predicted molar refractivity (Wildman–Crippen MR) is 115 cm³/mol. The Kier molecular flexibility index (Phi) is 6.22. The van der Waals surface area contributed by atoms with E-state index in [1.807, 2.05) is 51.2 Å². The molecule has 1 atom stereocenters. The fourth-order valence-electron chi connectivity index (χ4n) is 3.74. The van der Waals surface area contributed by atoms with Crippen LogP contribution in [0.2, 0.25) is 0 Å². The fourth-order valence-corrected chi connectivity index (χ4v) is 5.38. The van der Waals surface area contributed by atoms with Gasteiger partial charge in [0.25, 0.3) is 0 Å². The Morgan fingerprint density at radius 2 is 1.69 bits per heavy atom. The van der Waals surface area contributed by atoms with Gasteiger partial charge in [-0.1, -0.05) is 24.6 Å². The summed E-state index contributed by atoms with van der Waals surface area (Å²) in [6.45, 7) is 7.40. The van der Waals surface area contributed by atoms with E-state index in [0.29, 0.717) is 21.3 Å². The van der Waals surface area contributed by atoms with Crippen LogP contribution in [0.5, 0.6) is 11.5 Å². The molecule has 29 heavy (non-hydrogen) atoms. The summed E-state index contributed by atoms with van der Waals surface area (Å²) in [7, 11) is -0.434. The Morgan fingerprint density at radius 1 is 1.07 bits per heavy atom. The van der Waals surface area contributed by atoms with Crippen molar-refractivity contribution in [1.82, 2.24) is 4.90 Å². The van der Waals surface area contributed by atoms with Gasteiger partial charge in [0.05, 0.1) is 24.0 Å². The number of likely N-dealkylation sites (N-methyl/N-ethyl adjacent to an activating group) is 1. The van der Waals surface area contributed by atoms with E-state index in [2.05, 4.69) is 4.90 Å². The highest BCUT2D eigenvalue weighted by Crippen LogP contribution is 2.40. The van der Waals surface area contributed by atoms with Gasteiger partial charge in [0.2, 0.25) is 9.84 Å². The Balaban J connectivity index is 2.18. The number of rotatable bonds is 5. The zero-order valence-corrected chi connectivity index (χ0v) is 18.5. The third kappa shape index (κ3) is 4.13. The lowest BCUT2D eigenvalue weighted by Crippen LogP contribution is -2.26. The van der Waals surface area contributed by atoms with Gasteiger partial charge in [-0.25, -0.2) is 8.42 Å². The summed E-state index contributed by atoms with van der Waals surface area (Å²) in [6.07, 6.45) is 2.63. The highest BCUT2D eigenvalue weighted by molar-refractivity contribution is 7.95. The summed E-state index contributed by atoms with van der Waals surface area (Å²) in [5.41, 5.74) is 3.07. The molecule has 0 saturated heterocycles. The molecule has 5 nitrogen and oxygen atoms in total. The van der Waals surface area contributed by atoms with E-state index in [-0.39, 0.29) is 5.92 Å². The summed E-state index contributed by atoms with van der Waals surface area (Å²) < 4.78 is 38.1. The van der Waals surface area contributed by atoms with Crippen LogP contribution in [0.25, 0.3) is 0 Å². The highest BCUT2D eigenvalue weighted by atomic mass is 32.2. The molecule has 0 saturated carbocycles. The van der Waals surface area contributed by atoms with E-state index in [9.17, 15) is 8.42 Å². The minimum absolute atomic E-state index is 0.314. The Morgan fingerprint density at radius 3 is 2.28 bits per heavy atom. The minimum Gasteiger partial charge on any atom is -0.493 e. The molecule has 1 heterocycles. The normalized spacial score (nSPS) is 18.9. The van der Waals surface area contributed by atoms with Crippen LogP contribution in [0.4, 0.5) is 0 Å². The van der Waals surface area contributed by atoms with Gasteiger partial charge in [-0.05, 0) is 55.7 Å². The van der Waals surface area contributed by atoms with Gasteiger partial charge in [0.15, 0.2) is 11.5 Å². The maximum absolute atomic E-state index is 13.6. The average molecular weight is 416 g/mol. The summed E-state index contributed by atoms with van der Waals surface area (Å²) in [5, 5.41) is 0. The van der Waals surface area contributed by atoms with Gasteiger partial charge in [0.1, 0.15) is 0 Å². The number of fused-ring (bicyclic) bond motifs is 1. The standard InChI is InChI=1S/C23H29NO4S/c1-6-24-12-11-18-13-21(27-4)22(28-5)14-20(18)17(3)23(15-24)29(25,26)19-9-7-16(2)8-10-19/h7-10,13-15,17H,6,11-12H2,1-5H3/b23-15+. The molecular formula is C23H29NO4S. The molecule has 0 fully saturated rings. The van der Waals surface area contributed by atoms with Crippen LogP contribution in [0.3, 0.4) is 0 Å². The summed E-state index contributed by atoms with van der Waals surface area (Å²) in [5.74, 6) is 0.956. The van der Waals surface area contributed by atoms with E-state index in [0.717, 1.165) is 36.2 Å². The molecule has 1 aliphatic heterocycles. The zero-order chi connectivity index (χ0) is 21.2. The summed E-state index contributed by atoms with van der Waals surface area (Å²) in [4.78, 5) is 2.79. The van der Waals surface area contributed by atoms with Gasteiger partial charge in [-0.2, -0.15) is 0 Å². The fraction of sp³-hybridized carbons (Fsp3) is 0.391. The van der Waals surface area contributed by atoms with Crippen molar-refractivity contribution >= 4 is 9.84 Å². The average Bonchev–Trinajstić information content (AvgIpc) is 2.71. The van der Waals surface area contributed by atoms with Crippen LogP contribution in [0, 0.1) is 6.92 Å². The second-order valence-corrected chi connectivity index (χ2v) is 9.30. The van der Waals surface area contributed by atoms with Crippen molar-refractivity contribution in [2.75, 3.05) is 27.3 Å². The predicted octanol–water partition coefficient (Wildman–Crippen LogP) is 4.31. The molecule has 2 aromatic carbocycles. The van der Waals surface area contributed by atoms with Crippen LogP contribution in [-0.4, -0.2) is 40.6 Å². The van der Waals surface area contributed by atoms with Crippen molar-refractivity contribution in [1.29, 1.82) is 0 Å². The zero-order valence-electron chi connectivity index (χ0n) is 17.7. The SMILES string of the molecule is CCN1/C=C(/S(=O)(=O)c2ccc(C)cc2)C(C)c2cc(OC)c(OC)cc2CC1. The number of ether oxygens (including phenoxy) is 2. The van der Waals surface area contributed by atoms with Gasteiger partial charge >= 0.3 is 0 Å². The molecule has 1 unspecified atom stereocenters. The first-order chi connectivity index (χ1) is 13.8. The molecule has 0 bridgehead atoms. The molecule has 1 aliphatic rings. The first kappa shape index (κ1) is 21.2. The monoisotopic (exact) mass is 415 g/mol. The van der Waals surface area contributed by atoms with Crippen molar-refractivity contribution in [3.05, 3.63) is 64.2 Å². The maximum atomic E-state index is 13.6. The van der Waals surface area contributed by atoms with Crippen molar-refractivity contribution in [2.24, 2.45) is 0 Å². The van der Waals surface area contributed by atoms with Crippen molar-refractivity contribution < 1.29 is 17.9 Å². The number of methoxy groups -OCH3 is 2. The molecule has 0 N–H and O–H groups in total.